The second-order valence-corrected chi connectivity index (χ2v) is 5.28. The Kier molecular flexibility index (Phi) is 2.07. The molecule has 0 saturated carbocycles. The summed E-state index contributed by atoms with van der Waals surface area (Å²) in [5.41, 5.74) is 0. The van der Waals surface area contributed by atoms with E-state index in [9.17, 15) is 13.9 Å². The summed E-state index contributed by atoms with van der Waals surface area (Å²) in [6.45, 7) is 0. The van der Waals surface area contributed by atoms with Crippen LogP contribution in [0.25, 0.3) is 0 Å². The molecule has 2 rings (SSSR count). The van der Waals surface area contributed by atoms with Gasteiger partial charge in [-0.25, -0.2) is 8.78 Å². The van der Waals surface area contributed by atoms with Crippen molar-refractivity contribution in [2.45, 2.75) is 48.2 Å². The van der Waals surface area contributed by atoms with E-state index in [1.165, 1.54) is 0 Å². The first-order chi connectivity index (χ1) is 5.58. The summed E-state index contributed by atoms with van der Waals surface area (Å²) in [4.78, 5) is 0. The quantitative estimate of drug-likeness (QED) is 0.636. The van der Waals surface area contributed by atoms with Crippen molar-refractivity contribution in [3.8, 4) is 0 Å². The fourth-order valence-electron chi connectivity index (χ4n) is 1.96. The van der Waals surface area contributed by atoms with Crippen LogP contribution in [0.3, 0.4) is 0 Å². The van der Waals surface area contributed by atoms with E-state index < -0.39 is 12.0 Å². The first kappa shape index (κ1) is 8.75. The van der Waals surface area contributed by atoms with Crippen LogP contribution in [-0.4, -0.2) is 27.6 Å². The minimum Gasteiger partial charge on any atom is -0.387 e. The third kappa shape index (κ3) is 1.46. The monoisotopic (exact) mass is 194 g/mol. The third-order valence-corrected chi connectivity index (χ3v) is 4.27. The lowest BCUT2D eigenvalue weighted by molar-refractivity contribution is -0.116. The van der Waals surface area contributed by atoms with Gasteiger partial charge in [0.1, 0.15) is 6.10 Å². The van der Waals surface area contributed by atoms with Crippen LogP contribution in [0.5, 0.6) is 0 Å². The summed E-state index contributed by atoms with van der Waals surface area (Å²) in [5, 5.41) is 9.54. The molecule has 0 aliphatic carbocycles. The molecule has 2 heterocycles. The Bertz CT molecular complexity index is 186. The van der Waals surface area contributed by atoms with Crippen LogP contribution in [-0.2, 0) is 0 Å². The SMILES string of the molecule is OC1CC2CCC(CC1(F)F)S2. The van der Waals surface area contributed by atoms with Crippen LogP contribution in [0.15, 0.2) is 0 Å². The summed E-state index contributed by atoms with van der Waals surface area (Å²) in [6.07, 6.45) is 0.643. The highest BCUT2D eigenvalue weighted by Crippen LogP contribution is 2.46. The fourth-order valence-corrected chi connectivity index (χ4v) is 3.67. The molecule has 1 nitrogen and oxygen atoms in total. The highest BCUT2D eigenvalue weighted by atomic mass is 32.2. The van der Waals surface area contributed by atoms with E-state index in [-0.39, 0.29) is 23.3 Å². The van der Waals surface area contributed by atoms with Gasteiger partial charge < -0.3 is 5.11 Å². The Balaban J connectivity index is 2.13. The molecular formula is C8H12F2OS. The van der Waals surface area contributed by atoms with E-state index in [4.69, 9.17) is 0 Å². The van der Waals surface area contributed by atoms with Crippen molar-refractivity contribution in [1.29, 1.82) is 0 Å². The van der Waals surface area contributed by atoms with Crippen molar-refractivity contribution in [1.82, 2.24) is 0 Å². The number of fused-ring (bicyclic) bond motifs is 2. The number of rotatable bonds is 0. The van der Waals surface area contributed by atoms with Gasteiger partial charge in [-0.2, -0.15) is 11.8 Å². The summed E-state index contributed by atoms with van der Waals surface area (Å²) < 4.78 is 26.1. The van der Waals surface area contributed by atoms with Gasteiger partial charge in [0.25, 0.3) is 5.92 Å². The molecule has 2 aliphatic heterocycles. The van der Waals surface area contributed by atoms with Crippen LogP contribution in [0, 0.1) is 0 Å². The van der Waals surface area contributed by atoms with Gasteiger partial charge in [0, 0.05) is 16.9 Å². The molecule has 0 amide bonds. The number of hydrogen-bond acceptors (Lipinski definition) is 2. The standard InChI is InChI=1S/C8H12F2OS/c9-8(10)4-6-2-1-5(12-6)3-7(8)11/h5-7,11H,1-4H2. The number of halogens is 2. The maximum Gasteiger partial charge on any atom is 0.274 e. The topological polar surface area (TPSA) is 20.2 Å². The van der Waals surface area contributed by atoms with Gasteiger partial charge in [-0.1, -0.05) is 0 Å². The van der Waals surface area contributed by atoms with Crippen LogP contribution < -0.4 is 0 Å². The van der Waals surface area contributed by atoms with E-state index >= 15 is 0 Å². The molecule has 4 heteroatoms. The Morgan fingerprint density at radius 1 is 1.25 bits per heavy atom. The van der Waals surface area contributed by atoms with Crippen molar-refractivity contribution < 1.29 is 13.9 Å². The van der Waals surface area contributed by atoms with Crippen molar-refractivity contribution in [3.05, 3.63) is 0 Å². The zero-order valence-electron chi connectivity index (χ0n) is 6.67. The molecule has 0 aromatic rings. The van der Waals surface area contributed by atoms with Crippen molar-refractivity contribution in [2.24, 2.45) is 0 Å². The molecule has 0 aromatic heterocycles. The maximum absolute atomic E-state index is 13.1. The van der Waals surface area contributed by atoms with Gasteiger partial charge >= 0.3 is 0 Å². The molecule has 2 saturated heterocycles. The number of aliphatic hydroxyl groups excluding tert-OH is 1. The predicted molar refractivity (Wildman–Crippen MR) is 44.6 cm³/mol. The molecule has 3 unspecified atom stereocenters. The second kappa shape index (κ2) is 2.84. The zero-order valence-corrected chi connectivity index (χ0v) is 7.49. The van der Waals surface area contributed by atoms with Gasteiger partial charge in [0.05, 0.1) is 0 Å². The Hall–Kier alpha value is 0.170. The lowest BCUT2D eigenvalue weighted by Crippen LogP contribution is -2.36. The average molecular weight is 194 g/mol. The highest BCUT2D eigenvalue weighted by molar-refractivity contribution is 8.00. The van der Waals surface area contributed by atoms with Crippen LogP contribution >= 0.6 is 11.8 Å². The Morgan fingerprint density at radius 3 is 2.67 bits per heavy atom. The molecule has 70 valence electrons. The largest absolute Gasteiger partial charge is 0.387 e. The zero-order chi connectivity index (χ0) is 8.77. The lowest BCUT2D eigenvalue weighted by Gasteiger charge is -2.23. The molecule has 12 heavy (non-hydrogen) atoms. The van der Waals surface area contributed by atoms with E-state index in [0.29, 0.717) is 0 Å². The number of aliphatic hydroxyl groups is 1. The van der Waals surface area contributed by atoms with E-state index in [0.717, 1.165) is 12.8 Å². The van der Waals surface area contributed by atoms with E-state index in [1.807, 2.05) is 0 Å². The Morgan fingerprint density at radius 2 is 1.92 bits per heavy atom. The van der Waals surface area contributed by atoms with E-state index in [1.54, 1.807) is 11.8 Å². The minimum absolute atomic E-state index is 0.0853. The summed E-state index contributed by atoms with van der Waals surface area (Å²) >= 11 is 1.64. The highest BCUT2D eigenvalue weighted by Gasteiger charge is 2.47. The molecule has 0 spiro atoms. The third-order valence-electron chi connectivity index (χ3n) is 2.67. The summed E-state index contributed by atoms with van der Waals surface area (Å²) in [7, 11) is 0. The van der Waals surface area contributed by atoms with Gasteiger partial charge in [-0.15, -0.1) is 0 Å². The first-order valence-corrected chi connectivity index (χ1v) is 5.23. The second-order valence-electron chi connectivity index (χ2n) is 3.67. The normalized spacial score (nSPS) is 45.8. The maximum atomic E-state index is 13.1. The first-order valence-electron chi connectivity index (χ1n) is 4.29. The molecule has 3 atom stereocenters. The molecule has 0 radical (unpaired) electrons. The lowest BCUT2D eigenvalue weighted by atomic mass is 9.95. The molecule has 0 aromatic carbocycles. The molecule has 2 aliphatic rings. The minimum atomic E-state index is -2.84. The van der Waals surface area contributed by atoms with Gasteiger partial charge in [-0.3, -0.25) is 0 Å². The predicted octanol–water partition coefficient (Wildman–Crippen LogP) is 2.04. The van der Waals surface area contributed by atoms with Crippen LogP contribution in [0.4, 0.5) is 8.78 Å². The smallest absolute Gasteiger partial charge is 0.274 e. The van der Waals surface area contributed by atoms with Gasteiger partial charge in [0.2, 0.25) is 0 Å². The molecule has 2 bridgehead atoms. The van der Waals surface area contributed by atoms with Gasteiger partial charge in [0.15, 0.2) is 0 Å². The molecular weight excluding hydrogens is 182 g/mol. The van der Waals surface area contributed by atoms with Crippen LogP contribution in [0.1, 0.15) is 25.7 Å². The van der Waals surface area contributed by atoms with E-state index in [2.05, 4.69) is 0 Å². The van der Waals surface area contributed by atoms with Crippen molar-refractivity contribution in [3.63, 3.8) is 0 Å². The van der Waals surface area contributed by atoms with Crippen molar-refractivity contribution in [2.75, 3.05) is 0 Å². The summed E-state index contributed by atoms with van der Waals surface area (Å²) in [5.74, 6) is -2.84. The number of thioether (sulfide) groups is 1. The average Bonchev–Trinajstić information content (AvgIpc) is 2.30. The van der Waals surface area contributed by atoms with Crippen molar-refractivity contribution >= 4 is 11.8 Å². The number of hydrogen-bond donors (Lipinski definition) is 1. The molecule has 2 fully saturated rings. The Labute approximate surface area is 74.5 Å². The fraction of sp³-hybridized carbons (Fsp3) is 1.00. The van der Waals surface area contributed by atoms with Crippen LogP contribution in [0.2, 0.25) is 0 Å². The number of alkyl halides is 2. The molecule has 1 N–H and O–H groups in total. The summed E-state index contributed by atoms with van der Waals surface area (Å²) in [6, 6.07) is 0. The van der Waals surface area contributed by atoms with Gasteiger partial charge in [-0.05, 0) is 19.3 Å².